The Labute approximate surface area is 150 Å². The molecule has 0 spiro atoms. The molecule has 0 heterocycles. The van der Waals surface area contributed by atoms with E-state index in [9.17, 15) is 30.7 Å². The molecule has 0 fully saturated rings. The van der Waals surface area contributed by atoms with Gasteiger partial charge in [-0.3, -0.25) is 0 Å². The molecular weight excluding hydrogens is 379 g/mol. The molecular formula is C18H16F7NO. The molecule has 2 rings (SSSR count). The number of ether oxygens (including phenoxy) is 1. The van der Waals surface area contributed by atoms with Gasteiger partial charge < -0.3 is 10.5 Å². The fraction of sp³-hybridized carbons (Fsp3) is 0.333. The van der Waals surface area contributed by atoms with Crippen molar-refractivity contribution in [2.24, 2.45) is 0 Å². The van der Waals surface area contributed by atoms with E-state index in [1.165, 1.54) is 13.8 Å². The second-order valence-corrected chi connectivity index (χ2v) is 6.13. The Morgan fingerprint density at radius 3 is 1.81 bits per heavy atom. The highest BCUT2D eigenvalue weighted by Crippen LogP contribution is 2.53. The third-order valence-corrected chi connectivity index (χ3v) is 3.97. The summed E-state index contributed by atoms with van der Waals surface area (Å²) in [5.41, 5.74) is -0.355. The molecule has 27 heavy (non-hydrogen) atoms. The van der Waals surface area contributed by atoms with Crippen LogP contribution in [0.25, 0.3) is 0 Å². The SMILES string of the molecule is Cc1cc(C(F)(C(F)(F)F)C(F)(F)F)cc(C)c1OCc1cccc(N)c1. The number of alkyl halides is 7. The zero-order chi connectivity index (χ0) is 20.6. The number of benzene rings is 2. The minimum absolute atomic E-state index is 0.00856. The van der Waals surface area contributed by atoms with Crippen molar-refractivity contribution in [1.82, 2.24) is 0 Å². The first-order valence-electron chi connectivity index (χ1n) is 7.68. The summed E-state index contributed by atoms with van der Waals surface area (Å²) in [7, 11) is 0. The van der Waals surface area contributed by atoms with Crippen LogP contribution in [0.4, 0.5) is 36.4 Å². The first-order chi connectivity index (χ1) is 12.3. The van der Waals surface area contributed by atoms with E-state index in [1.807, 2.05) is 0 Å². The van der Waals surface area contributed by atoms with Crippen molar-refractivity contribution in [1.29, 1.82) is 0 Å². The Kier molecular flexibility index (Phi) is 5.36. The fourth-order valence-electron chi connectivity index (χ4n) is 2.70. The quantitative estimate of drug-likeness (QED) is 0.528. The number of nitrogen functional groups attached to an aromatic ring is 1. The van der Waals surface area contributed by atoms with Crippen molar-refractivity contribution in [2.75, 3.05) is 5.73 Å². The van der Waals surface area contributed by atoms with Crippen LogP contribution in [0, 0.1) is 13.8 Å². The highest BCUT2D eigenvalue weighted by Gasteiger charge is 2.73. The lowest BCUT2D eigenvalue weighted by Gasteiger charge is -2.31. The van der Waals surface area contributed by atoms with Gasteiger partial charge in [0.1, 0.15) is 12.4 Å². The van der Waals surface area contributed by atoms with E-state index < -0.39 is 23.6 Å². The highest BCUT2D eigenvalue weighted by molar-refractivity contribution is 5.46. The van der Waals surface area contributed by atoms with Crippen LogP contribution in [0.1, 0.15) is 22.3 Å². The van der Waals surface area contributed by atoms with Crippen LogP contribution in [0.3, 0.4) is 0 Å². The molecule has 0 aromatic heterocycles. The summed E-state index contributed by atoms with van der Waals surface area (Å²) in [5.74, 6) is 0.0767. The Morgan fingerprint density at radius 1 is 0.852 bits per heavy atom. The van der Waals surface area contributed by atoms with E-state index in [2.05, 4.69) is 0 Å². The summed E-state index contributed by atoms with van der Waals surface area (Å²) in [5, 5.41) is 0. The summed E-state index contributed by atoms with van der Waals surface area (Å²) < 4.78 is 97.2. The van der Waals surface area contributed by atoms with Gasteiger partial charge in [-0.15, -0.1) is 0 Å². The number of hydrogen-bond donors (Lipinski definition) is 1. The molecule has 2 N–H and O–H groups in total. The molecule has 0 amide bonds. The molecule has 2 aromatic rings. The maximum atomic E-state index is 14.2. The van der Waals surface area contributed by atoms with Crippen LogP contribution in [-0.2, 0) is 12.3 Å². The second-order valence-electron chi connectivity index (χ2n) is 6.13. The first kappa shape index (κ1) is 20.9. The van der Waals surface area contributed by atoms with Crippen LogP contribution < -0.4 is 10.5 Å². The van der Waals surface area contributed by atoms with E-state index in [0.29, 0.717) is 23.4 Å². The lowest BCUT2D eigenvalue weighted by atomic mass is 9.91. The van der Waals surface area contributed by atoms with Gasteiger partial charge in [-0.05, 0) is 54.8 Å². The molecule has 9 heteroatoms. The molecule has 0 saturated carbocycles. The van der Waals surface area contributed by atoms with Gasteiger partial charge in [0, 0.05) is 11.3 Å². The van der Waals surface area contributed by atoms with E-state index >= 15 is 0 Å². The Balaban J connectivity index is 2.41. The fourth-order valence-corrected chi connectivity index (χ4v) is 2.70. The van der Waals surface area contributed by atoms with Crippen LogP contribution in [0.15, 0.2) is 36.4 Å². The number of nitrogens with two attached hydrogens (primary N) is 1. The molecule has 0 aliphatic rings. The van der Waals surface area contributed by atoms with E-state index in [1.54, 1.807) is 24.3 Å². The molecule has 0 aliphatic carbocycles. The van der Waals surface area contributed by atoms with E-state index in [-0.39, 0.29) is 23.5 Å². The lowest BCUT2D eigenvalue weighted by Crippen LogP contribution is -2.50. The van der Waals surface area contributed by atoms with Crippen molar-refractivity contribution in [3.05, 3.63) is 58.7 Å². The summed E-state index contributed by atoms with van der Waals surface area (Å²) >= 11 is 0. The first-order valence-corrected chi connectivity index (χ1v) is 7.68. The van der Waals surface area contributed by atoms with Gasteiger partial charge in [0.2, 0.25) is 0 Å². The number of aryl methyl sites for hydroxylation is 2. The van der Waals surface area contributed by atoms with Crippen molar-refractivity contribution < 1.29 is 35.5 Å². The van der Waals surface area contributed by atoms with Gasteiger partial charge in [-0.2, -0.15) is 26.3 Å². The summed E-state index contributed by atoms with van der Waals surface area (Å²) in [6.07, 6.45) is -12.3. The van der Waals surface area contributed by atoms with Gasteiger partial charge in [-0.25, -0.2) is 4.39 Å². The zero-order valence-corrected chi connectivity index (χ0v) is 14.3. The number of halogens is 7. The number of hydrogen-bond acceptors (Lipinski definition) is 2. The highest BCUT2D eigenvalue weighted by atomic mass is 19.4. The van der Waals surface area contributed by atoms with Crippen LogP contribution in [0.5, 0.6) is 5.75 Å². The largest absolute Gasteiger partial charge is 0.488 e. The topological polar surface area (TPSA) is 35.2 Å². The Hall–Kier alpha value is -2.45. The molecule has 0 unspecified atom stereocenters. The maximum absolute atomic E-state index is 14.2. The zero-order valence-electron chi connectivity index (χ0n) is 14.3. The van der Waals surface area contributed by atoms with Gasteiger partial charge >= 0.3 is 18.0 Å². The van der Waals surface area contributed by atoms with Gasteiger partial charge in [0.25, 0.3) is 0 Å². The van der Waals surface area contributed by atoms with Crippen molar-refractivity contribution >= 4 is 5.69 Å². The van der Waals surface area contributed by atoms with Crippen LogP contribution in [0.2, 0.25) is 0 Å². The standard InChI is InChI=1S/C18H16F7NO/c1-10-6-13(16(19,17(20,21)22)18(23,24)25)7-11(2)15(10)27-9-12-4-3-5-14(26)8-12/h3-8H,9,26H2,1-2H3. The summed E-state index contributed by atoms with van der Waals surface area (Å²) in [6, 6.07) is 7.62. The maximum Gasteiger partial charge on any atom is 0.435 e. The molecule has 0 bridgehead atoms. The molecule has 2 nitrogen and oxygen atoms in total. The third-order valence-electron chi connectivity index (χ3n) is 3.97. The number of rotatable bonds is 4. The van der Waals surface area contributed by atoms with Gasteiger partial charge in [-0.1, -0.05) is 12.1 Å². The minimum atomic E-state index is -6.16. The van der Waals surface area contributed by atoms with Crippen molar-refractivity contribution in [3.8, 4) is 5.75 Å². The third kappa shape index (κ3) is 3.96. The lowest BCUT2D eigenvalue weighted by molar-refractivity contribution is -0.348. The Bertz CT molecular complexity index is 790. The second kappa shape index (κ2) is 6.94. The van der Waals surface area contributed by atoms with E-state index in [0.717, 1.165) is 0 Å². The molecule has 0 radical (unpaired) electrons. The Morgan fingerprint density at radius 2 is 1.37 bits per heavy atom. The predicted octanol–water partition coefficient (Wildman–Crippen LogP) is 5.75. The van der Waals surface area contributed by atoms with Crippen molar-refractivity contribution in [3.63, 3.8) is 0 Å². The normalized spacial score (nSPS) is 12.9. The molecule has 148 valence electrons. The predicted molar refractivity (Wildman–Crippen MR) is 86.0 cm³/mol. The van der Waals surface area contributed by atoms with Gasteiger partial charge in [0.05, 0.1) is 0 Å². The monoisotopic (exact) mass is 395 g/mol. The van der Waals surface area contributed by atoms with Crippen LogP contribution in [-0.4, -0.2) is 12.4 Å². The summed E-state index contributed by atoms with van der Waals surface area (Å²) in [6.45, 7) is 2.49. The van der Waals surface area contributed by atoms with Crippen LogP contribution >= 0.6 is 0 Å². The van der Waals surface area contributed by atoms with E-state index in [4.69, 9.17) is 10.5 Å². The number of anilines is 1. The summed E-state index contributed by atoms with van der Waals surface area (Å²) in [4.78, 5) is 0. The molecule has 0 saturated heterocycles. The molecule has 0 atom stereocenters. The van der Waals surface area contributed by atoms with Crippen molar-refractivity contribution in [2.45, 2.75) is 38.5 Å². The molecule has 0 aliphatic heterocycles. The minimum Gasteiger partial charge on any atom is -0.488 e. The molecule has 2 aromatic carbocycles. The van der Waals surface area contributed by atoms with Gasteiger partial charge in [0.15, 0.2) is 0 Å². The average Bonchev–Trinajstić information content (AvgIpc) is 2.51. The average molecular weight is 395 g/mol. The smallest absolute Gasteiger partial charge is 0.435 e.